The minimum absolute atomic E-state index is 0.610. The molecular weight excluding hydrogens is 249 g/mol. The van der Waals surface area contributed by atoms with Gasteiger partial charge in [0.2, 0.25) is 0 Å². The van der Waals surface area contributed by atoms with Crippen molar-refractivity contribution in [3.63, 3.8) is 0 Å². The molecule has 0 aromatic heterocycles. The first-order valence-corrected chi connectivity index (χ1v) is 6.27. The van der Waals surface area contributed by atoms with Crippen molar-refractivity contribution < 1.29 is 13.2 Å². The van der Waals surface area contributed by atoms with Crippen LogP contribution in [0.5, 0.6) is 0 Å². The van der Waals surface area contributed by atoms with Crippen LogP contribution < -0.4 is 0 Å². The van der Waals surface area contributed by atoms with Crippen LogP contribution in [0.3, 0.4) is 0 Å². The molecule has 0 N–H and O–H groups in total. The highest BCUT2D eigenvalue weighted by molar-refractivity contribution is 5.64. The topological polar surface area (TPSA) is 0 Å². The molecule has 0 saturated heterocycles. The summed E-state index contributed by atoms with van der Waals surface area (Å²) in [6, 6.07) is 13.2. The second kappa shape index (κ2) is 5.47. The van der Waals surface area contributed by atoms with Gasteiger partial charge < -0.3 is 0 Å². The Morgan fingerprint density at radius 2 is 1.58 bits per heavy atom. The van der Waals surface area contributed by atoms with Gasteiger partial charge >= 0.3 is 6.18 Å². The van der Waals surface area contributed by atoms with Crippen LogP contribution in [0.1, 0.15) is 24.5 Å². The first-order valence-electron chi connectivity index (χ1n) is 6.27. The van der Waals surface area contributed by atoms with E-state index in [9.17, 15) is 13.2 Å². The van der Waals surface area contributed by atoms with Gasteiger partial charge in [0.1, 0.15) is 0 Å². The number of hydrogen-bond acceptors (Lipinski definition) is 0. The Labute approximate surface area is 110 Å². The summed E-state index contributed by atoms with van der Waals surface area (Å²) in [5, 5.41) is 0. The number of hydrogen-bond donors (Lipinski definition) is 0. The maximum Gasteiger partial charge on any atom is 0.416 e. The molecule has 100 valence electrons. The Kier molecular flexibility index (Phi) is 3.93. The van der Waals surface area contributed by atoms with E-state index in [2.05, 4.69) is 6.92 Å². The van der Waals surface area contributed by atoms with Crippen molar-refractivity contribution in [2.75, 3.05) is 0 Å². The third-order valence-electron chi connectivity index (χ3n) is 3.01. The maximum absolute atomic E-state index is 12.5. The van der Waals surface area contributed by atoms with Gasteiger partial charge in [0, 0.05) is 0 Å². The molecule has 2 rings (SSSR count). The highest BCUT2D eigenvalue weighted by Gasteiger charge is 2.29. The molecule has 0 spiro atoms. The monoisotopic (exact) mass is 264 g/mol. The summed E-state index contributed by atoms with van der Waals surface area (Å²) >= 11 is 0. The Balaban J connectivity index is 2.29. The second-order valence-corrected chi connectivity index (χ2v) is 4.53. The van der Waals surface area contributed by atoms with Gasteiger partial charge in [-0.3, -0.25) is 0 Å². The molecule has 0 nitrogen and oxygen atoms in total. The standard InChI is InChI=1S/C16H15F3/c1-2-4-12-5-3-6-14(11-12)13-7-9-15(10-8-13)16(17,18)19/h3,5-11H,2,4H2,1H3. The molecule has 0 saturated carbocycles. The average molecular weight is 264 g/mol. The largest absolute Gasteiger partial charge is 0.416 e. The molecule has 0 radical (unpaired) electrons. The van der Waals surface area contributed by atoms with Crippen molar-refractivity contribution in [1.82, 2.24) is 0 Å². The van der Waals surface area contributed by atoms with Crippen LogP contribution in [0.25, 0.3) is 11.1 Å². The van der Waals surface area contributed by atoms with Gasteiger partial charge in [0.25, 0.3) is 0 Å². The maximum atomic E-state index is 12.5. The molecule has 0 aliphatic heterocycles. The molecule has 0 atom stereocenters. The highest BCUT2D eigenvalue weighted by Crippen LogP contribution is 2.31. The molecule has 2 aromatic carbocycles. The summed E-state index contributed by atoms with van der Waals surface area (Å²) in [4.78, 5) is 0. The van der Waals surface area contributed by atoms with Crippen molar-refractivity contribution in [1.29, 1.82) is 0 Å². The Bertz CT molecular complexity index is 539. The van der Waals surface area contributed by atoms with Crippen LogP contribution in [-0.2, 0) is 12.6 Å². The number of rotatable bonds is 3. The molecular formula is C16H15F3. The smallest absolute Gasteiger partial charge is 0.166 e. The van der Waals surface area contributed by atoms with E-state index in [1.54, 1.807) is 0 Å². The van der Waals surface area contributed by atoms with Gasteiger partial charge in [-0.25, -0.2) is 0 Å². The molecule has 0 unspecified atom stereocenters. The first-order chi connectivity index (χ1) is 9.00. The second-order valence-electron chi connectivity index (χ2n) is 4.53. The van der Waals surface area contributed by atoms with E-state index in [0.29, 0.717) is 0 Å². The van der Waals surface area contributed by atoms with Crippen LogP contribution in [0.2, 0.25) is 0 Å². The lowest BCUT2D eigenvalue weighted by Crippen LogP contribution is -2.03. The predicted octanol–water partition coefficient (Wildman–Crippen LogP) is 5.32. The van der Waals surface area contributed by atoms with E-state index in [4.69, 9.17) is 0 Å². The predicted molar refractivity (Wildman–Crippen MR) is 70.9 cm³/mol. The van der Waals surface area contributed by atoms with E-state index in [0.717, 1.165) is 36.1 Å². The SMILES string of the molecule is CCCc1cccc(-c2ccc(C(F)(F)F)cc2)c1. The van der Waals surface area contributed by atoms with E-state index >= 15 is 0 Å². The van der Waals surface area contributed by atoms with Gasteiger partial charge in [-0.05, 0) is 35.2 Å². The Morgan fingerprint density at radius 3 is 2.16 bits per heavy atom. The molecule has 0 aliphatic rings. The van der Waals surface area contributed by atoms with Crippen molar-refractivity contribution in [3.8, 4) is 11.1 Å². The van der Waals surface area contributed by atoms with Crippen LogP contribution in [0.4, 0.5) is 13.2 Å². The van der Waals surface area contributed by atoms with E-state index in [1.807, 2.05) is 24.3 Å². The third kappa shape index (κ3) is 3.37. The minimum atomic E-state index is -4.28. The lowest BCUT2D eigenvalue weighted by molar-refractivity contribution is -0.137. The van der Waals surface area contributed by atoms with Crippen LogP contribution in [-0.4, -0.2) is 0 Å². The molecule has 0 aliphatic carbocycles. The van der Waals surface area contributed by atoms with Crippen molar-refractivity contribution in [2.45, 2.75) is 25.9 Å². The lowest BCUT2D eigenvalue weighted by atomic mass is 10.00. The molecule has 3 heteroatoms. The fourth-order valence-electron chi connectivity index (χ4n) is 2.05. The summed E-state index contributed by atoms with van der Waals surface area (Å²) in [5.41, 5.74) is 2.37. The van der Waals surface area contributed by atoms with E-state index < -0.39 is 11.7 Å². The van der Waals surface area contributed by atoms with Gasteiger partial charge in [-0.2, -0.15) is 13.2 Å². The van der Waals surface area contributed by atoms with Crippen LogP contribution in [0.15, 0.2) is 48.5 Å². The Hall–Kier alpha value is -1.77. The van der Waals surface area contributed by atoms with Crippen LogP contribution in [0, 0.1) is 0 Å². The van der Waals surface area contributed by atoms with E-state index in [-0.39, 0.29) is 0 Å². The minimum Gasteiger partial charge on any atom is -0.166 e. The molecule has 0 fully saturated rings. The van der Waals surface area contributed by atoms with Crippen molar-refractivity contribution in [2.24, 2.45) is 0 Å². The number of benzene rings is 2. The van der Waals surface area contributed by atoms with E-state index in [1.165, 1.54) is 17.7 Å². The summed E-state index contributed by atoms with van der Waals surface area (Å²) in [5.74, 6) is 0. The summed E-state index contributed by atoms with van der Waals surface area (Å²) < 4.78 is 37.5. The van der Waals surface area contributed by atoms with Gasteiger partial charge in [0.15, 0.2) is 0 Å². The summed E-state index contributed by atoms with van der Waals surface area (Å²) in [7, 11) is 0. The molecule has 0 heterocycles. The zero-order valence-corrected chi connectivity index (χ0v) is 10.7. The third-order valence-corrected chi connectivity index (χ3v) is 3.01. The molecule has 0 amide bonds. The van der Waals surface area contributed by atoms with Crippen LogP contribution >= 0.6 is 0 Å². The summed E-state index contributed by atoms with van der Waals surface area (Å²) in [6.45, 7) is 2.10. The quantitative estimate of drug-likeness (QED) is 0.703. The summed E-state index contributed by atoms with van der Waals surface area (Å²) in [6.07, 6.45) is -2.24. The zero-order chi connectivity index (χ0) is 13.9. The fraction of sp³-hybridized carbons (Fsp3) is 0.250. The normalized spacial score (nSPS) is 11.6. The van der Waals surface area contributed by atoms with Crippen molar-refractivity contribution >= 4 is 0 Å². The number of aryl methyl sites for hydroxylation is 1. The van der Waals surface area contributed by atoms with Crippen molar-refractivity contribution in [3.05, 3.63) is 59.7 Å². The molecule has 0 bridgehead atoms. The number of halogens is 3. The van der Waals surface area contributed by atoms with Gasteiger partial charge in [-0.1, -0.05) is 49.7 Å². The lowest BCUT2D eigenvalue weighted by Gasteiger charge is -2.08. The van der Waals surface area contributed by atoms with Gasteiger partial charge in [-0.15, -0.1) is 0 Å². The fourth-order valence-corrected chi connectivity index (χ4v) is 2.05. The molecule has 19 heavy (non-hydrogen) atoms. The highest BCUT2D eigenvalue weighted by atomic mass is 19.4. The Morgan fingerprint density at radius 1 is 0.895 bits per heavy atom. The zero-order valence-electron chi connectivity index (χ0n) is 10.7. The molecule has 2 aromatic rings. The van der Waals surface area contributed by atoms with Gasteiger partial charge in [0.05, 0.1) is 5.56 Å². The first kappa shape index (κ1) is 13.7. The average Bonchev–Trinajstić information content (AvgIpc) is 2.39. The number of alkyl halides is 3.